The van der Waals surface area contributed by atoms with Crippen molar-refractivity contribution in [3.63, 3.8) is 0 Å². The van der Waals surface area contributed by atoms with Gasteiger partial charge in [0.1, 0.15) is 0 Å². The molecule has 0 spiro atoms. The molecule has 2 heterocycles. The fourth-order valence-corrected chi connectivity index (χ4v) is 3.47. The second kappa shape index (κ2) is 9.19. The van der Waals surface area contributed by atoms with E-state index >= 15 is 0 Å². The van der Waals surface area contributed by atoms with Crippen LogP contribution in [0.4, 0.5) is 11.6 Å². The molecule has 1 aliphatic rings. The zero-order valence-corrected chi connectivity index (χ0v) is 16.4. The summed E-state index contributed by atoms with van der Waals surface area (Å²) in [5, 5.41) is 2.93. The van der Waals surface area contributed by atoms with Gasteiger partial charge in [-0.15, -0.1) is 0 Å². The summed E-state index contributed by atoms with van der Waals surface area (Å²) in [6.07, 6.45) is 4.03. The summed E-state index contributed by atoms with van der Waals surface area (Å²) in [5.74, 6) is 0.542. The van der Waals surface area contributed by atoms with Crippen LogP contribution in [0.2, 0.25) is 0 Å². The van der Waals surface area contributed by atoms with Crippen LogP contribution in [0.15, 0.2) is 73.1 Å². The van der Waals surface area contributed by atoms with Gasteiger partial charge in [-0.2, -0.15) is 0 Å². The number of aromatic nitrogens is 2. The number of para-hydroxylation sites is 1. The summed E-state index contributed by atoms with van der Waals surface area (Å²) in [6.45, 7) is 4.16. The Kier molecular flexibility index (Phi) is 6.00. The van der Waals surface area contributed by atoms with Crippen molar-refractivity contribution in [2.75, 3.05) is 42.5 Å². The molecule has 6 nitrogen and oxygen atoms in total. The average molecular weight is 387 g/mol. The van der Waals surface area contributed by atoms with Crippen molar-refractivity contribution >= 4 is 17.5 Å². The van der Waals surface area contributed by atoms with E-state index in [9.17, 15) is 4.79 Å². The van der Waals surface area contributed by atoms with Gasteiger partial charge < -0.3 is 15.1 Å². The highest BCUT2D eigenvalue weighted by atomic mass is 16.1. The van der Waals surface area contributed by atoms with Gasteiger partial charge in [-0.3, -0.25) is 4.79 Å². The van der Waals surface area contributed by atoms with Crippen molar-refractivity contribution in [1.82, 2.24) is 15.3 Å². The maximum atomic E-state index is 12.3. The van der Waals surface area contributed by atoms with Crippen LogP contribution in [0, 0.1) is 0 Å². The Hall–Kier alpha value is -3.41. The summed E-state index contributed by atoms with van der Waals surface area (Å²) in [7, 11) is 0. The molecule has 0 aliphatic carbocycles. The third kappa shape index (κ3) is 4.90. The topological polar surface area (TPSA) is 61.4 Å². The van der Waals surface area contributed by atoms with E-state index in [0.29, 0.717) is 18.1 Å². The SMILES string of the molecule is O=C(NCCc1ccccc1)c1cnc(N2CCN(c3ccccc3)CC2)nc1. The maximum Gasteiger partial charge on any atom is 0.254 e. The standard InChI is InChI=1S/C23H25N5O/c29-22(24-12-11-19-7-3-1-4-8-19)20-17-25-23(26-18-20)28-15-13-27(14-16-28)21-9-5-2-6-10-21/h1-10,17-18H,11-16H2,(H,24,29). The lowest BCUT2D eigenvalue weighted by Gasteiger charge is -2.36. The van der Waals surface area contributed by atoms with Crippen LogP contribution in [0.5, 0.6) is 0 Å². The van der Waals surface area contributed by atoms with Crippen molar-refractivity contribution in [3.05, 3.63) is 84.2 Å². The van der Waals surface area contributed by atoms with Gasteiger partial charge in [-0.05, 0) is 24.1 Å². The van der Waals surface area contributed by atoms with Crippen LogP contribution in [-0.4, -0.2) is 48.6 Å². The van der Waals surface area contributed by atoms with Gasteiger partial charge in [0.15, 0.2) is 0 Å². The third-order valence-corrected chi connectivity index (χ3v) is 5.13. The number of amides is 1. The molecule has 0 bridgehead atoms. The van der Waals surface area contributed by atoms with Crippen molar-refractivity contribution in [2.45, 2.75) is 6.42 Å². The highest BCUT2D eigenvalue weighted by Gasteiger charge is 2.19. The van der Waals surface area contributed by atoms with E-state index in [2.05, 4.69) is 61.5 Å². The highest BCUT2D eigenvalue weighted by molar-refractivity contribution is 5.93. The summed E-state index contributed by atoms with van der Waals surface area (Å²) >= 11 is 0. The normalized spacial score (nSPS) is 13.9. The number of nitrogens with one attached hydrogen (secondary N) is 1. The van der Waals surface area contributed by atoms with Crippen LogP contribution in [0.1, 0.15) is 15.9 Å². The number of carbonyl (C=O) groups is 1. The molecule has 0 radical (unpaired) electrons. The molecule has 29 heavy (non-hydrogen) atoms. The Labute approximate surface area is 171 Å². The molecule has 2 aromatic carbocycles. The van der Waals surface area contributed by atoms with E-state index in [1.165, 1.54) is 11.3 Å². The first-order chi connectivity index (χ1) is 14.3. The fraction of sp³-hybridized carbons (Fsp3) is 0.261. The van der Waals surface area contributed by atoms with Crippen molar-refractivity contribution in [3.8, 4) is 0 Å². The molecule has 1 N–H and O–H groups in total. The van der Waals surface area contributed by atoms with Gasteiger partial charge in [0, 0.05) is 50.8 Å². The number of hydrogen-bond donors (Lipinski definition) is 1. The summed E-state index contributed by atoms with van der Waals surface area (Å²) < 4.78 is 0. The molecule has 1 fully saturated rings. The Balaban J connectivity index is 1.27. The molecule has 3 aromatic rings. The second-order valence-electron chi connectivity index (χ2n) is 7.07. The average Bonchev–Trinajstić information content (AvgIpc) is 2.80. The molecule has 0 unspecified atom stereocenters. The molecule has 6 heteroatoms. The predicted molar refractivity (Wildman–Crippen MR) is 115 cm³/mol. The van der Waals surface area contributed by atoms with Crippen LogP contribution in [-0.2, 0) is 6.42 Å². The van der Waals surface area contributed by atoms with Crippen molar-refractivity contribution in [2.24, 2.45) is 0 Å². The number of carbonyl (C=O) groups excluding carboxylic acids is 1. The minimum Gasteiger partial charge on any atom is -0.368 e. The lowest BCUT2D eigenvalue weighted by atomic mass is 10.1. The van der Waals surface area contributed by atoms with E-state index in [-0.39, 0.29) is 5.91 Å². The van der Waals surface area contributed by atoms with E-state index in [4.69, 9.17) is 0 Å². The number of rotatable bonds is 6. The zero-order chi connectivity index (χ0) is 19.9. The molecule has 0 atom stereocenters. The summed E-state index contributed by atoms with van der Waals surface area (Å²) in [6, 6.07) is 20.5. The Bertz CT molecular complexity index is 907. The van der Waals surface area contributed by atoms with Crippen LogP contribution < -0.4 is 15.1 Å². The Morgan fingerprint density at radius 3 is 2.07 bits per heavy atom. The molecule has 4 rings (SSSR count). The Morgan fingerprint density at radius 1 is 0.828 bits per heavy atom. The minimum absolute atomic E-state index is 0.138. The second-order valence-corrected chi connectivity index (χ2v) is 7.07. The minimum atomic E-state index is -0.138. The number of piperazine rings is 1. The van der Waals surface area contributed by atoms with Crippen LogP contribution in [0.25, 0.3) is 0 Å². The highest BCUT2D eigenvalue weighted by Crippen LogP contribution is 2.17. The number of nitrogens with zero attached hydrogens (tertiary/aromatic N) is 4. The quantitative estimate of drug-likeness (QED) is 0.705. The number of hydrogen-bond acceptors (Lipinski definition) is 5. The predicted octanol–water partition coefficient (Wildman–Crippen LogP) is 2.78. The number of benzene rings is 2. The van der Waals surface area contributed by atoms with Gasteiger partial charge in [0.25, 0.3) is 5.91 Å². The first kappa shape index (κ1) is 18.9. The lowest BCUT2D eigenvalue weighted by molar-refractivity contribution is 0.0953. The van der Waals surface area contributed by atoms with Gasteiger partial charge in [0.05, 0.1) is 5.56 Å². The van der Waals surface area contributed by atoms with Crippen LogP contribution in [0.3, 0.4) is 0 Å². The monoisotopic (exact) mass is 387 g/mol. The number of anilines is 2. The van der Waals surface area contributed by atoms with Gasteiger partial charge in [-0.25, -0.2) is 9.97 Å². The van der Waals surface area contributed by atoms with Crippen LogP contribution >= 0.6 is 0 Å². The first-order valence-electron chi connectivity index (χ1n) is 9.99. The van der Waals surface area contributed by atoms with E-state index < -0.39 is 0 Å². The summed E-state index contributed by atoms with van der Waals surface area (Å²) in [5.41, 5.74) is 2.94. The molecule has 1 amide bonds. The first-order valence-corrected chi connectivity index (χ1v) is 9.99. The molecular weight excluding hydrogens is 362 g/mol. The van der Waals surface area contributed by atoms with E-state index in [1.807, 2.05) is 24.3 Å². The molecule has 1 aliphatic heterocycles. The molecule has 1 saturated heterocycles. The molecule has 1 aromatic heterocycles. The largest absolute Gasteiger partial charge is 0.368 e. The third-order valence-electron chi connectivity index (χ3n) is 5.13. The fourth-order valence-electron chi connectivity index (χ4n) is 3.47. The van der Waals surface area contributed by atoms with Gasteiger partial charge in [-0.1, -0.05) is 48.5 Å². The molecular formula is C23H25N5O. The smallest absolute Gasteiger partial charge is 0.254 e. The van der Waals surface area contributed by atoms with Crippen molar-refractivity contribution in [1.29, 1.82) is 0 Å². The van der Waals surface area contributed by atoms with E-state index in [0.717, 1.165) is 32.6 Å². The lowest BCUT2D eigenvalue weighted by Crippen LogP contribution is -2.47. The zero-order valence-electron chi connectivity index (χ0n) is 16.4. The maximum absolute atomic E-state index is 12.3. The molecule has 0 saturated carbocycles. The molecule has 148 valence electrons. The van der Waals surface area contributed by atoms with Gasteiger partial charge >= 0.3 is 0 Å². The Morgan fingerprint density at radius 2 is 1.41 bits per heavy atom. The summed E-state index contributed by atoms with van der Waals surface area (Å²) in [4.78, 5) is 25.7. The van der Waals surface area contributed by atoms with E-state index in [1.54, 1.807) is 12.4 Å². The van der Waals surface area contributed by atoms with Gasteiger partial charge in [0.2, 0.25) is 5.95 Å². The van der Waals surface area contributed by atoms with Crippen molar-refractivity contribution < 1.29 is 4.79 Å².